The number of anilines is 1. The smallest absolute Gasteiger partial charge is 0.222 e. The highest BCUT2D eigenvalue weighted by molar-refractivity contribution is 5.78. The molecule has 1 saturated heterocycles. The summed E-state index contributed by atoms with van der Waals surface area (Å²) in [5, 5.41) is 16.0. The lowest BCUT2D eigenvalue weighted by molar-refractivity contribution is -0.128. The molecule has 0 spiro atoms. The van der Waals surface area contributed by atoms with Crippen LogP contribution in [0.15, 0.2) is 60.7 Å². The first-order chi connectivity index (χ1) is 15.2. The van der Waals surface area contributed by atoms with Crippen LogP contribution < -0.4 is 5.32 Å². The van der Waals surface area contributed by atoms with Crippen LogP contribution in [0.2, 0.25) is 0 Å². The first-order valence-corrected chi connectivity index (χ1v) is 10.2. The van der Waals surface area contributed by atoms with Crippen LogP contribution in [0.25, 0.3) is 17.0 Å². The van der Waals surface area contributed by atoms with Crippen molar-refractivity contribution in [3.05, 3.63) is 77.6 Å². The molecular formula is C23H21FN6O. The van der Waals surface area contributed by atoms with Gasteiger partial charge in [0.1, 0.15) is 11.6 Å². The second-order valence-electron chi connectivity index (χ2n) is 7.58. The third-order valence-corrected chi connectivity index (χ3v) is 5.39. The van der Waals surface area contributed by atoms with E-state index in [0.717, 1.165) is 24.1 Å². The molecule has 4 aromatic rings. The molecule has 1 fully saturated rings. The Morgan fingerprint density at radius 3 is 2.71 bits per heavy atom. The Morgan fingerprint density at radius 2 is 1.87 bits per heavy atom. The average molecular weight is 416 g/mol. The Hall–Kier alpha value is -3.81. The van der Waals surface area contributed by atoms with Gasteiger partial charge in [0.15, 0.2) is 11.5 Å². The van der Waals surface area contributed by atoms with Crippen LogP contribution in [0.1, 0.15) is 24.0 Å². The molecule has 2 aromatic carbocycles. The summed E-state index contributed by atoms with van der Waals surface area (Å²) in [7, 11) is 0. The first-order valence-electron chi connectivity index (χ1n) is 10.2. The van der Waals surface area contributed by atoms with Crippen LogP contribution in [0.4, 0.5) is 10.2 Å². The molecule has 5 rings (SSSR count). The number of carbonyl (C=O) groups is 1. The zero-order valence-corrected chi connectivity index (χ0v) is 16.8. The van der Waals surface area contributed by atoms with Crippen molar-refractivity contribution >= 4 is 17.4 Å². The van der Waals surface area contributed by atoms with Gasteiger partial charge in [0.05, 0.1) is 5.56 Å². The number of amides is 1. The number of hydrogen-bond acceptors (Lipinski definition) is 5. The van der Waals surface area contributed by atoms with Crippen LogP contribution in [0.5, 0.6) is 0 Å². The second-order valence-corrected chi connectivity index (χ2v) is 7.58. The molecule has 3 heterocycles. The predicted molar refractivity (Wildman–Crippen MR) is 115 cm³/mol. The fourth-order valence-corrected chi connectivity index (χ4v) is 3.82. The van der Waals surface area contributed by atoms with Crippen LogP contribution in [-0.4, -0.2) is 37.2 Å². The summed E-state index contributed by atoms with van der Waals surface area (Å²) >= 11 is 0. The van der Waals surface area contributed by atoms with E-state index in [2.05, 4.69) is 26.7 Å². The average Bonchev–Trinajstić information content (AvgIpc) is 3.39. The van der Waals surface area contributed by atoms with E-state index < -0.39 is 0 Å². The van der Waals surface area contributed by atoms with Gasteiger partial charge in [-0.3, -0.25) is 4.79 Å². The van der Waals surface area contributed by atoms with E-state index in [1.807, 2.05) is 29.2 Å². The van der Waals surface area contributed by atoms with Crippen molar-refractivity contribution in [2.75, 3.05) is 11.9 Å². The minimum atomic E-state index is -0.370. The number of carbonyl (C=O) groups excluding carboxylic acids is 1. The van der Waals surface area contributed by atoms with E-state index in [9.17, 15) is 9.18 Å². The van der Waals surface area contributed by atoms with Crippen molar-refractivity contribution in [3.63, 3.8) is 0 Å². The fraction of sp³-hybridized carbons (Fsp3) is 0.217. The van der Waals surface area contributed by atoms with Crippen molar-refractivity contribution in [2.45, 2.75) is 25.9 Å². The zero-order valence-electron chi connectivity index (χ0n) is 16.8. The third-order valence-electron chi connectivity index (χ3n) is 5.39. The van der Waals surface area contributed by atoms with Crippen molar-refractivity contribution in [1.29, 1.82) is 0 Å². The SMILES string of the molecule is O=C1CCCN1Cc1cccc(CNc2ccc3nnc(-c4ccccc4F)n3n2)c1. The van der Waals surface area contributed by atoms with E-state index in [0.29, 0.717) is 42.4 Å². The molecule has 0 atom stereocenters. The van der Waals surface area contributed by atoms with Crippen molar-refractivity contribution in [2.24, 2.45) is 0 Å². The van der Waals surface area contributed by atoms with E-state index in [1.54, 1.807) is 24.3 Å². The van der Waals surface area contributed by atoms with Crippen molar-refractivity contribution in [1.82, 2.24) is 24.7 Å². The highest BCUT2D eigenvalue weighted by Gasteiger charge is 2.20. The Labute approximate surface area is 178 Å². The highest BCUT2D eigenvalue weighted by Crippen LogP contribution is 2.21. The van der Waals surface area contributed by atoms with Gasteiger partial charge in [-0.25, -0.2) is 4.39 Å². The summed E-state index contributed by atoms with van der Waals surface area (Å²) in [6, 6.07) is 18.2. The molecule has 31 heavy (non-hydrogen) atoms. The first kappa shape index (κ1) is 19.2. The Kier molecular flexibility index (Phi) is 5.03. The zero-order chi connectivity index (χ0) is 21.2. The molecule has 156 valence electrons. The van der Waals surface area contributed by atoms with Gasteiger partial charge in [-0.05, 0) is 41.8 Å². The minimum absolute atomic E-state index is 0.223. The number of aromatic nitrogens is 4. The highest BCUT2D eigenvalue weighted by atomic mass is 19.1. The van der Waals surface area contributed by atoms with Gasteiger partial charge in [-0.15, -0.1) is 15.3 Å². The monoisotopic (exact) mass is 416 g/mol. The molecule has 8 heteroatoms. The lowest BCUT2D eigenvalue weighted by Crippen LogP contribution is -2.23. The molecule has 0 unspecified atom stereocenters. The number of benzene rings is 2. The van der Waals surface area contributed by atoms with Crippen molar-refractivity contribution in [3.8, 4) is 11.4 Å². The molecule has 7 nitrogen and oxygen atoms in total. The van der Waals surface area contributed by atoms with Gasteiger partial charge in [0.25, 0.3) is 0 Å². The molecule has 1 amide bonds. The summed E-state index contributed by atoms with van der Waals surface area (Å²) < 4.78 is 15.7. The molecule has 1 aliphatic heterocycles. The lowest BCUT2D eigenvalue weighted by Gasteiger charge is -2.16. The summed E-state index contributed by atoms with van der Waals surface area (Å²) in [5.41, 5.74) is 3.09. The quantitative estimate of drug-likeness (QED) is 0.519. The maximum atomic E-state index is 14.2. The minimum Gasteiger partial charge on any atom is -0.365 e. The summed E-state index contributed by atoms with van der Waals surface area (Å²) in [4.78, 5) is 13.8. The number of nitrogens with one attached hydrogen (secondary N) is 1. The predicted octanol–water partition coefficient (Wildman–Crippen LogP) is 3.66. The number of halogens is 1. The summed E-state index contributed by atoms with van der Waals surface area (Å²) in [6.45, 7) is 2.04. The second kappa shape index (κ2) is 8.14. The molecule has 0 saturated carbocycles. The Bertz CT molecular complexity index is 1250. The van der Waals surface area contributed by atoms with E-state index >= 15 is 0 Å². The maximum absolute atomic E-state index is 14.2. The lowest BCUT2D eigenvalue weighted by atomic mass is 10.1. The topological polar surface area (TPSA) is 75.4 Å². The van der Waals surface area contributed by atoms with Crippen molar-refractivity contribution < 1.29 is 9.18 Å². The standard InChI is InChI=1S/C23H21FN6O/c24-19-8-2-1-7-18(19)23-27-26-21-11-10-20(28-30(21)23)25-14-16-5-3-6-17(13-16)15-29-12-4-9-22(29)31/h1-3,5-8,10-11,13H,4,9,12,14-15H2,(H,25,28). The molecule has 2 aromatic heterocycles. The van der Waals surface area contributed by atoms with E-state index in [1.165, 1.54) is 10.6 Å². The number of hydrogen-bond donors (Lipinski definition) is 1. The van der Waals surface area contributed by atoms with Gasteiger partial charge in [-0.2, -0.15) is 4.52 Å². The number of fused-ring (bicyclic) bond motifs is 1. The Balaban J connectivity index is 1.33. The number of likely N-dealkylation sites (tertiary alicyclic amines) is 1. The molecule has 1 N–H and O–H groups in total. The molecule has 0 bridgehead atoms. The number of rotatable bonds is 6. The van der Waals surface area contributed by atoms with Crippen LogP contribution in [0, 0.1) is 5.82 Å². The van der Waals surface area contributed by atoms with Gasteiger partial charge >= 0.3 is 0 Å². The molecule has 0 aliphatic carbocycles. The van der Waals surface area contributed by atoms with Crippen LogP contribution in [0.3, 0.4) is 0 Å². The van der Waals surface area contributed by atoms with Gasteiger partial charge < -0.3 is 10.2 Å². The third kappa shape index (κ3) is 3.96. The summed E-state index contributed by atoms with van der Waals surface area (Å²) in [5.74, 6) is 0.838. The van der Waals surface area contributed by atoms with Gasteiger partial charge in [0.2, 0.25) is 5.91 Å². The van der Waals surface area contributed by atoms with Crippen LogP contribution >= 0.6 is 0 Å². The normalized spacial score (nSPS) is 13.8. The number of nitrogens with zero attached hydrogens (tertiary/aromatic N) is 5. The van der Waals surface area contributed by atoms with E-state index in [-0.39, 0.29) is 11.7 Å². The fourth-order valence-electron chi connectivity index (χ4n) is 3.82. The maximum Gasteiger partial charge on any atom is 0.222 e. The van der Waals surface area contributed by atoms with Gasteiger partial charge in [-0.1, -0.05) is 36.4 Å². The largest absolute Gasteiger partial charge is 0.365 e. The molecule has 0 radical (unpaired) electrons. The molecule has 1 aliphatic rings. The van der Waals surface area contributed by atoms with E-state index in [4.69, 9.17) is 0 Å². The van der Waals surface area contributed by atoms with Crippen LogP contribution in [-0.2, 0) is 17.9 Å². The summed E-state index contributed by atoms with van der Waals surface area (Å²) in [6.07, 6.45) is 1.58. The Morgan fingerprint density at radius 1 is 1.00 bits per heavy atom. The molecular weight excluding hydrogens is 395 g/mol. The van der Waals surface area contributed by atoms with Gasteiger partial charge in [0, 0.05) is 26.1 Å².